The monoisotopic (exact) mass is 363 g/mol. The van der Waals surface area contributed by atoms with Crippen LogP contribution in [0.25, 0.3) is 22.2 Å². The third-order valence-electron chi connectivity index (χ3n) is 3.88. The van der Waals surface area contributed by atoms with Gasteiger partial charge in [-0.15, -0.1) is 0 Å². The van der Waals surface area contributed by atoms with Crippen molar-refractivity contribution in [2.45, 2.75) is 4.90 Å². The first-order valence-corrected chi connectivity index (χ1v) is 8.61. The molecule has 0 spiro atoms. The molecular weight excluding hydrogens is 350 g/mol. The van der Waals surface area contributed by atoms with Crippen molar-refractivity contribution >= 4 is 34.6 Å². The molecule has 7 heteroatoms. The quantitative estimate of drug-likeness (QED) is 0.497. The highest BCUT2D eigenvalue weighted by Crippen LogP contribution is 2.31. The number of fused-ring (bicyclic) bond motifs is 1. The Morgan fingerprint density at radius 2 is 1.81 bits per heavy atom. The second-order valence-corrected chi connectivity index (χ2v) is 6.37. The van der Waals surface area contributed by atoms with Gasteiger partial charge in [-0.25, -0.2) is 9.42 Å². The minimum Gasteiger partial charge on any atom is -0.478 e. The van der Waals surface area contributed by atoms with Crippen LogP contribution in [0.5, 0.6) is 0 Å². The molecule has 0 aliphatic carbocycles. The molecule has 0 unspecified atom stereocenters. The maximum absolute atomic E-state index is 11.6. The van der Waals surface area contributed by atoms with E-state index < -0.39 is 5.97 Å². The number of carboxylic acid groups (broad SMARTS) is 1. The van der Waals surface area contributed by atoms with Gasteiger partial charge in [-0.3, -0.25) is 0 Å². The Bertz CT molecular complexity index is 1080. The van der Waals surface area contributed by atoms with Crippen LogP contribution in [0.1, 0.15) is 10.4 Å². The zero-order valence-electron chi connectivity index (χ0n) is 13.4. The molecule has 0 atom stereocenters. The van der Waals surface area contributed by atoms with E-state index in [9.17, 15) is 9.90 Å². The number of aromatic nitrogens is 2. The molecule has 6 nitrogen and oxygen atoms in total. The first kappa shape index (κ1) is 16.2. The second-order valence-electron chi connectivity index (χ2n) is 5.52. The molecule has 0 aliphatic rings. The van der Waals surface area contributed by atoms with Crippen molar-refractivity contribution in [1.29, 1.82) is 0 Å². The smallest absolute Gasteiger partial charge is 0.337 e. The predicted molar refractivity (Wildman–Crippen MR) is 100 cm³/mol. The number of benzene rings is 3. The lowest BCUT2D eigenvalue weighted by Crippen LogP contribution is -2.02. The van der Waals surface area contributed by atoms with Gasteiger partial charge in [0.15, 0.2) is 5.52 Å². The summed E-state index contributed by atoms with van der Waals surface area (Å²) in [6.07, 6.45) is 0. The summed E-state index contributed by atoms with van der Waals surface area (Å²) in [5.74, 6) is -0.992. The fourth-order valence-corrected chi connectivity index (χ4v) is 3.37. The van der Waals surface area contributed by atoms with Crippen LogP contribution >= 0.6 is 11.9 Å². The summed E-state index contributed by atoms with van der Waals surface area (Å²) >= 11 is 1.27. The molecule has 4 rings (SSSR count). The molecule has 4 aromatic rings. The predicted octanol–water partition coefficient (Wildman–Crippen LogP) is 4.71. The van der Waals surface area contributed by atoms with Crippen LogP contribution in [0.2, 0.25) is 0 Å². The number of hydrogen-bond donors (Lipinski definition) is 2. The Labute approximate surface area is 152 Å². The number of carboxylic acids is 1. The van der Waals surface area contributed by atoms with E-state index in [4.69, 9.17) is 4.63 Å². The highest BCUT2D eigenvalue weighted by Gasteiger charge is 2.13. The fourth-order valence-electron chi connectivity index (χ4n) is 2.60. The molecule has 1 aromatic heterocycles. The van der Waals surface area contributed by atoms with Gasteiger partial charge in [-0.1, -0.05) is 42.5 Å². The van der Waals surface area contributed by atoms with Gasteiger partial charge in [0.05, 0.1) is 16.1 Å². The zero-order valence-corrected chi connectivity index (χ0v) is 14.2. The van der Waals surface area contributed by atoms with Gasteiger partial charge < -0.3 is 9.83 Å². The number of nitrogens with zero attached hydrogens (tertiary/aromatic N) is 2. The highest BCUT2D eigenvalue weighted by molar-refractivity contribution is 8.00. The SMILES string of the molecule is O=C(O)c1ccc(-c2ccccc2)cc1NSc1cccc2nonc12. The van der Waals surface area contributed by atoms with E-state index in [-0.39, 0.29) is 5.56 Å². The number of hydrogen-bond acceptors (Lipinski definition) is 6. The molecule has 2 N–H and O–H groups in total. The number of carbonyl (C=O) groups is 1. The van der Waals surface area contributed by atoms with E-state index in [1.807, 2.05) is 48.5 Å². The zero-order chi connectivity index (χ0) is 17.9. The Morgan fingerprint density at radius 3 is 2.62 bits per heavy atom. The molecule has 0 radical (unpaired) electrons. The summed E-state index contributed by atoms with van der Waals surface area (Å²) in [7, 11) is 0. The third kappa shape index (κ3) is 3.12. The summed E-state index contributed by atoms with van der Waals surface area (Å²) in [4.78, 5) is 12.4. The van der Waals surface area contributed by atoms with E-state index in [1.165, 1.54) is 11.9 Å². The minimum absolute atomic E-state index is 0.197. The highest BCUT2D eigenvalue weighted by atomic mass is 32.2. The van der Waals surface area contributed by atoms with Gasteiger partial charge in [0.2, 0.25) is 0 Å². The van der Waals surface area contributed by atoms with Gasteiger partial charge in [0.1, 0.15) is 5.52 Å². The molecule has 0 amide bonds. The van der Waals surface area contributed by atoms with Gasteiger partial charge in [0, 0.05) is 0 Å². The van der Waals surface area contributed by atoms with Gasteiger partial charge in [-0.05, 0) is 57.7 Å². The van der Waals surface area contributed by atoms with Gasteiger partial charge >= 0.3 is 5.97 Å². The largest absolute Gasteiger partial charge is 0.478 e. The maximum atomic E-state index is 11.6. The summed E-state index contributed by atoms with van der Waals surface area (Å²) in [6.45, 7) is 0. The van der Waals surface area contributed by atoms with Crippen LogP contribution in [0.15, 0.2) is 76.3 Å². The normalized spacial score (nSPS) is 10.8. The third-order valence-corrected chi connectivity index (χ3v) is 4.75. The lowest BCUT2D eigenvalue weighted by atomic mass is 10.0. The first-order valence-electron chi connectivity index (χ1n) is 7.79. The van der Waals surface area contributed by atoms with Gasteiger partial charge in [-0.2, -0.15) is 0 Å². The molecule has 0 saturated carbocycles. The van der Waals surface area contributed by atoms with Crippen molar-refractivity contribution in [3.63, 3.8) is 0 Å². The van der Waals surface area contributed by atoms with Crippen LogP contribution < -0.4 is 4.72 Å². The molecule has 128 valence electrons. The second kappa shape index (κ2) is 6.89. The molecule has 0 fully saturated rings. The maximum Gasteiger partial charge on any atom is 0.337 e. The number of nitrogens with one attached hydrogen (secondary N) is 1. The Hall–Kier alpha value is -3.32. The Balaban J connectivity index is 1.68. The van der Waals surface area contributed by atoms with Crippen LogP contribution in [0.3, 0.4) is 0 Å². The summed E-state index contributed by atoms with van der Waals surface area (Å²) in [5.41, 5.74) is 3.93. The van der Waals surface area contributed by atoms with Crippen LogP contribution in [0, 0.1) is 0 Å². The number of anilines is 1. The van der Waals surface area contributed by atoms with E-state index in [0.717, 1.165) is 16.0 Å². The summed E-state index contributed by atoms with van der Waals surface area (Å²) < 4.78 is 7.89. The van der Waals surface area contributed by atoms with E-state index in [1.54, 1.807) is 18.2 Å². The van der Waals surface area contributed by atoms with Crippen LogP contribution in [-0.2, 0) is 0 Å². The number of rotatable bonds is 5. The van der Waals surface area contributed by atoms with Crippen molar-refractivity contribution in [1.82, 2.24) is 10.3 Å². The average molecular weight is 363 g/mol. The standard InChI is InChI=1S/C19H13N3O3S/c23-19(24)14-10-9-13(12-5-2-1-3-6-12)11-16(14)22-26-17-8-4-7-15-18(17)21-25-20-15/h1-11,22H,(H,23,24). The lowest BCUT2D eigenvalue weighted by Gasteiger charge is -2.11. The van der Waals surface area contributed by atoms with Crippen molar-refractivity contribution in [2.24, 2.45) is 0 Å². The van der Waals surface area contributed by atoms with E-state index in [0.29, 0.717) is 16.7 Å². The summed E-state index contributed by atoms with van der Waals surface area (Å²) in [6, 6.07) is 20.5. The molecule has 0 aliphatic heterocycles. The topological polar surface area (TPSA) is 88.2 Å². The van der Waals surface area contributed by atoms with Crippen molar-refractivity contribution < 1.29 is 14.5 Å². The molecular formula is C19H13N3O3S. The van der Waals surface area contributed by atoms with Crippen molar-refractivity contribution in [3.8, 4) is 11.1 Å². The molecule has 26 heavy (non-hydrogen) atoms. The molecule has 3 aromatic carbocycles. The van der Waals surface area contributed by atoms with Crippen LogP contribution in [-0.4, -0.2) is 21.4 Å². The van der Waals surface area contributed by atoms with Gasteiger partial charge in [0.25, 0.3) is 0 Å². The molecule has 1 heterocycles. The molecule has 0 bridgehead atoms. The first-order chi connectivity index (χ1) is 12.7. The molecule has 0 saturated heterocycles. The van der Waals surface area contributed by atoms with E-state index in [2.05, 4.69) is 15.0 Å². The Kier molecular flexibility index (Phi) is 4.28. The van der Waals surface area contributed by atoms with Crippen LogP contribution in [0.4, 0.5) is 5.69 Å². The van der Waals surface area contributed by atoms with Crippen molar-refractivity contribution in [2.75, 3.05) is 4.72 Å². The Morgan fingerprint density at radius 1 is 0.962 bits per heavy atom. The number of aromatic carboxylic acids is 1. The fraction of sp³-hybridized carbons (Fsp3) is 0. The van der Waals surface area contributed by atoms with Crippen molar-refractivity contribution in [3.05, 3.63) is 72.3 Å². The average Bonchev–Trinajstić information content (AvgIpc) is 3.16. The van der Waals surface area contributed by atoms with E-state index >= 15 is 0 Å². The minimum atomic E-state index is -0.992. The summed E-state index contributed by atoms with van der Waals surface area (Å²) in [5, 5.41) is 17.2. The lowest BCUT2D eigenvalue weighted by molar-refractivity contribution is 0.0698.